The van der Waals surface area contributed by atoms with Crippen molar-refractivity contribution in [1.82, 2.24) is 14.7 Å². The lowest BCUT2D eigenvalue weighted by molar-refractivity contribution is -0.0926. The van der Waals surface area contributed by atoms with Crippen LogP contribution in [0.5, 0.6) is 0 Å². The molecule has 1 spiro atoms. The van der Waals surface area contributed by atoms with Crippen LogP contribution < -0.4 is 0 Å². The predicted octanol–water partition coefficient (Wildman–Crippen LogP) is 3.64. The van der Waals surface area contributed by atoms with Gasteiger partial charge < -0.3 is 9.64 Å². The van der Waals surface area contributed by atoms with Gasteiger partial charge in [0.15, 0.2) is 0 Å². The van der Waals surface area contributed by atoms with Crippen LogP contribution in [0.2, 0.25) is 0 Å². The van der Waals surface area contributed by atoms with Gasteiger partial charge in [0.1, 0.15) is 0 Å². The van der Waals surface area contributed by atoms with Gasteiger partial charge in [0.2, 0.25) is 0 Å². The van der Waals surface area contributed by atoms with Crippen molar-refractivity contribution in [3.05, 3.63) is 70.2 Å². The molecule has 2 aliphatic rings. The molecule has 0 atom stereocenters. The van der Waals surface area contributed by atoms with Crippen molar-refractivity contribution < 1.29 is 9.53 Å². The smallest absolute Gasteiger partial charge is 0.253 e. The minimum atomic E-state index is -0.186. The van der Waals surface area contributed by atoms with E-state index < -0.39 is 0 Å². The summed E-state index contributed by atoms with van der Waals surface area (Å²) in [5.41, 5.74) is 2.85. The summed E-state index contributed by atoms with van der Waals surface area (Å²) < 4.78 is 8.03. The number of nitrogens with zero attached hydrogens (tertiary/aromatic N) is 3. The highest BCUT2D eigenvalue weighted by atomic mass is 32.1. The number of fused-ring (bicyclic) bond motifs is 2. The number of hydrogen-bond donors (Lipinski definition) is 0. The first kappa shape index (κ1) is 16.7. The van der Waals surface area contributed by atoms with Crippen LogP contribution in [0.4, 0.5) is 0 Å². The fraction of sp³-hybridized carbons (Fsp3) is 0.333. The summed E-state index contributed by atoms with van der Waals surface area (Å²) in [4.78, 5) is 16.3. The molecule has 0 bridgehead atoms. The quantitative estimate of drug-likeness (QED) is 0.683. The molecule has 27 heavy (non-hydrogen) atoms. The molecule has 2 aliphatic heterocycles. The highest BCUT2D eigenvalue weighted by molar-refractivity contribution is 7.10. The Morgan fingerprint density at radius 1 is 1.15 bits per heavy atom. The minimum absolute atomic E-state index is 0.0956. The van der Waals surface area contributed by atoms with Crippen LogP contribution in [0.15, 0.2) is 54.2 Å². The fourth-order valence-electron chi connectivity index (χ4n) is 4.20. The maximum atomic E-state index is 12.9. The molecule has 5 nitrogen and oxygen atoms in total. The van der Waals surface area contributed by atoms with Gasteiger partial charge in [-0.25, -0.2) is 4.68 Å². The Kier molecular flexibility index (Phi) is 4.10. The highest BCUT2D eigenvalue weighted by Crippen LogP contribution is 2.43. The van der Waals surface area contributed by atoms with Gasteiger partial charge in [0, 0.05) is 42.3 Å². The van der Waals surface area contributed by atoms with E-state index in [9.17, 15) is 4.79 Å². The summed E-state index contributed by atoms with van der Waals surface area (Å²) >= 11 is 1.83. The minimum Gasteiger partial charge on any atom is -0.370 e. The van der Waals surface area contributed by atoms with Crippen molar-refractivity contribution in [3.63, 3.8) is 0 Å². The van der Waals surface area contributed by atoms with Crippen LogP contribution in [0.3, 0.4) is 0 Å². The number of rotatable bonds is 2. The highest BCUT2D eigenvalue weighted by Gasteiger charge is 2.42. The molecule has 4 heterocycles. The van der Waals surface area contributed by atoms with Crippen molar-refractivity contribution in [2.75, 3.05) is 19.7 Å². The molecule has 6 heteroatoms. The maximum Gasteiger partial charge on any atom is 0.253 e. The van der Waals surface area contributed by atoms with E-state index in [-0.39, 0.29) is 11.5 Å². The summed E-state index contributed by atoms with van der Waals surface area (Å²) in [6, 6.07) is 11.7. The van der Waals surface area contributed by atoms with E-state index in [1.54, 1.807) is 10.9 Å². The van der Waals surface area contributed by atoms with Crippen molar-refractivity contribution in [3.8, 4) is 5.69 Å². The average Bonchev–Trinajstić information content (AvgIpc) is 3.41. The van der Waals surface area contributed by atoms with Gasteiger partial charge in [-0.1, -0.05) is 0 Å². The first-order chi connectivity index (χ1) is 13.3. The van der Waals surface area contributed by atoms with Crippen molar-refractivity contribution >= 4 is 17.2 Å². The fourth-order valence-corrected chi connectivity index (χ4v) is 5.15. The number of hydrogen-bond acceptors (Lipinski definition) is 4. The third-order valence-electron chi connectivity index (χ3n) is 5.69. The topological polar surface area (TPSA) is 47.4 Å². The zero-order chi connectivity index (χ0) is 18.3. The summed E-state index contributed by atoms with van der Waals surface area (Å²) in [6.07, 6.45) is 6.39. The second-order valence-electron chi connectivity index (χ2n) is 7.14. The largest absolute Gasteiger partial charge is 0.370 e. The number of piperidine rings is 1. The molecule has 0 saturated carbocycles. The summed E-state index contributed by atoms with van der Waals surface area (Å²) in [6.45, 7) is 2.25. The van der Waals surface area contributed by atoms with Crippen LogP contribution in [-0.2, 0) is 16.8 Å². The predicted molar refractivity (Wildman–Crippen MR) is 104 cm³/mol. The molecule has 1 amide bonds. The van der Waals surface area contributed by atoms with Crippen LogP contribution in [0.1, 0.15) is 33.6 Å². The summed E-state index contributed by atoms with van der Waals surface area (Å²) in [7, 11) is 0. The number of carbonyl (C=O) groups excluding carboxylic acids is 1. The van der Waals surface area contributed by atoms with Gasteiger partial charge in [0.25, 0.3) is 5.91 Å². The molecule has 3 aromatic rings. The normalized spacial score (nSPS) is 18.4. The first-order valence-corrected chi connectivity index (χ1v) is 10.2. The number of aromatic nitrogens is 2. The molecule has 0 unspecified atom stereocenters. The molecule has 0 radical (unpaired) electrons. The monoisotopic (exact) mass is 379 g/mol. The first-order valence-electron chi connectivity index (χ1n) is 9.35. The molecule has 1 saturated heterocycles. The van der Waals surface area contributed by atoms with Crippen molar-refractivity contribution in [1.29, 1.82) is 0 Å². The van der Waals surface area contributed by atoms with Crippen LogP contribution in [-0.4, -0.2) is 40.3 Å². The van der Waals surface area contributed by atoms with E-state index >= 15 is 0 Å². The van der Waals surface area contributed by atoms with Gasteiger partial charge in [-0.2, -0.15) is 5.10 Å². The lowest BCUT2D eigenvalue weighted by Crippen LogP contribution is -2.48. The molecular formula is C21H21N3O2S. The molecule has 1 aromatic carbocycles. The molecular weight excluding hydrogens is 358 g/mol. The Hall–Kier alpha value is -2.44. The van der Waals surface area contributed by atoms with Gasteiger partial charge >= 0.3 is 0 Å². The Morgan fingerprint density at radius 3 is 2.70 bits per heavy atom. The van der Waals surface area contributed by atoms with E-state index in [0.29, 0.717) is 0 Å². The maximum absolute atomic E-state index is 12.9. The Balaban J connectivity index is 1.30. The SMILES string of the molecule is O=C(c1ccc(-n2cccn2)cc1)N1CCC2(CC1)OCCc1sccc12. The number of ether oxygens (including phenoxy) is 1. The summed E-state index contributed by atoms with van der Waals surface area (Å²) in [5, 5.41) is 6.39. The lowest BCUT2D eigenvalue weighted by atomic mass is 9.82. The van der Waals surface area contributed by atoms with E-state index in [2.05, 4.69) is 16.5 Å². The number of thiophene rings is 1. The molecule has 0 aliphatic carbocycles. The zero-order valence-corrected chi connectivity index (χ0v) is 15.8. The third kappa shape index (κ3) is 2.89. The summed E-state index contributed by atoms with van der Waals surface area (Å²) in [5.74, 6) is 0.0956. The van der Waals surface area contributed by atoms with Crippen LogP contribution in [0, 0.1) is 0 Å². The second-order valence-corrected chi connectivity index (χ2v) is 8.14. The zero-order valence-electron chi connectivity index (χ0n) is 15.0. The Labute approximate surface area is 162 Å². The number of carbonyl (C=O) groups is 1. The van der Waals surface area contributed by atoms with Gasteiger partial charge in [-0.3, -0.25) is 4.79 Å². The number of amides is 1. The van der Waals surface area contributed by atoms with Crippen LogP contribution in [0.25, 0.3) is 5.69 Å². The second kappa shape index (κ2) is 6.62. The molecule has 138 valence electrons. The van der Waals surface area contributed by atoms with Gasteiger partial charge in [0.05, 0.1) is 17.9 Å². The molecule has 5 rings (SSSR count). The molecule has 1 fully saturated rings. The average molecular weight is 379 g/mol. The Morgan fingerprint density at radius 2 is 1.96 bits per heavy atom. The van der Waals surface area contributed by atoms with Gasteiger partial charge in [-0.05, 0) is 60.2 Å². The third-order valence-corrected chi connectivity index (χ3v) is 6.67. The standard InChI is InChI=1S/C21H21N3O2S/c25-20(16-2-4-17(5-3-16)24-11-1-10-22-24)23-12-8-21(9-13-23)18-7-15-27-19(18)6-14-26-21/h1-5,7,10-11,15H,6,8-9,12-14H2. The van der Waals surface area contributed by atoms with Gasteiger partial charge in [-0.15, -0.1) is 11.3 Å². The molecule has 0 N–H and O–H groups in total. The Bertz CT molecular complexity index is 938. The number of benzene rings is 1. The van der Waals surface area contributed by atoms with E-state index in [1.165, 1.54) is 10.4 Å². The van der Waals surface area contributed by atoms with E-state index in [0.717, 1.165) is 50.2 Å². The van der Waals surface area contributed by atoms with Crippen molar-refractivity contribution in [2.45, 2.75) is 24.9 Å². The number of likely N-dealkylation sites (tertiary alicyclic amines) is 1. The lowest BCUT2D eigenvalue weighted by Gasteiger charge is -2.44. The van der Waals surface area contributed by atoms with Crippen molar-refractivity contribution in [2.24, 2.45) is 0 Å². The van der Waals surface area contributed by atoms with E-state index in [1.807, 2.05) is 52.8 Å². The molecule has 2 aromatic heterocycles. The van der Waals surface area contributed by atoms with Crippen LogP contribution >= 0.6 is 11.3 Å². The van der Waals surface area contributed by atoms with E-state index in [4.69, 9.17) is 4.74 Å².